The molecule has 6 nitrogen and oxygen atoms in total. The van der Waals surface area contributed by atoms with Crippen molar-refractivity contribution in [3.63, 3.8) is 0 Å². The fourth-order valence-electron chi connectivity index (χ4n) is 1.88. The molecule has 0 fully saturated rings. The molecular weight excluding hydrogens is 246 g/mol. The second-order valence-electron chi connectivity index (χ2n) is 4.47. The number of nitrogens with one attached hydrogen (secondary N) is 1. The second kappa shape index (κ2) is 6.72. The molecule has 0 aliphatic heterocycles. The number of carbonyl (C=O) groups excluding carboxylic acids is 1. The molecule has 0 saturated carbocycles. The number of aromatic nitrogens is 1. The van der Waals surface area contributed by atoms with Crippen molar-refractivity contribution in [3.8, 4) is 0 Å². The average Bonchev–Trinajstić information content (AvgIpc) is 2.27. The van der Waals surface area contributed by atoms with Gasteiger partial charge in [-0.15, -0.1) is 0 Å². The van der Waals surface area contributed by atoms with Crippen LogP contribution in [0, 0.1) is 6.92 Å². The number of amides is 1. The van der Waals surface area contributed by atoms with E-state index in [2.05, 4.69) is 10.3 Å². The van der Waals surface area contributed by atoms with Gasteiger partial charge in [-0.05, 0) is 25.5 Å². The third-order valence-corrected chi connectivity index (χ3v) is 2.65. The summed E-state index contributed by atoms with van der Waals surface area (Å²) in [5, 5.41) is 11.9. The first-order valence-corrected chi connectivity index (χ1v) is 6.19. The first kappa shape index (κ1) is 14.9. The average molecular weight is 265 g/mol. The topological polar surface area (TPSA) is 105 Å². The van der Waals surface area contributed by atoms with Crippen LogP contribution in [-0.4, -0.2) is 28.0 Å². The van der Waals surface area contributed by atoms with Crippen LogP contribution in [0.25, 0.3) is 0 Å². The van der Waals surface area contributed by atoms with Crippen LogP contribution in [0.3, 0.4) is 0 Å². The molecule has 1 rings (SSSR count). The number of carboxylic acid groups (broad SMARTS) is 1. The molecule has 0 aliphatic rings. The third-order valence-electron chi connectivity index (χ3n) is 2.65. The lowest BCUT2D eigenvalue weighted by molar-refractivity contribution is -0.137. The van der Waals surface area contributed by atoms with Gasteiger partial charge in [0.2, 0.25) is 5.91 Å². The van der Waals surface area contributed by atoms with Crippen molar-refractivity contribution in [2.45, 2.75) is 39.2 Å². The summed E-state index contributed by atoms with van der Waals surface area (Å²) in [6, 6.07) is 2.93. The molecule has 0 radical (unpaired) electrons. The monoisotopic (exact) mass is 265 g/mol. The highest BCUT2D eigenvalue weighted by molar-refractivity contribution is 5.93. The first-order valence-electron chi connectivity index (χ1n) is 6.19. The van der Waals surface area contributed by atoms with Gasteiger partial charge in [0.25, 0.3) is 0 Å². The van der Waals surface area contributed by atoms with Gasteiger partial charge in [0, 0.05) is 17.3 Å². The number of carbonyl (C=O) groups is 2. The third kappa shape index (κ3) is 4.95. The lowest BCUT2D eigenvalue weighted by atomic mass is 10.1. The van der Waals surface area contributed by atoms with Crippen LogP contribution in [0.4, 0.5) is 5.82 Å². The fourth-order valence-corrected chi connectivity index (χ4v) is 1.88. The molecule has 1 aromatic rings. The number of primary amides is 1. The number of carboxylic acids is 1. The maximum atomic E-state index is 11.2. The number of anilines is 1. The molecule has 0 aromatic carbocycles. The van der Waals surface area contributed by atoms with Gasteiger partial charge in [0.15, 0.2) is 0 Å². The van der Waals surface area contributed by atoms with E-state index in [4.69, 9.17) is 10.8 Å². The summed E-state index contributed by atoms with van der Waals surface area (Å²) in [5.41, 5.74) is 6.25. The van der Waals surface area contributed by atoms with Crippen molar-refractivity contribution < 1.29 is 14.7 Å². The highest BCUT2D eigenvalue weighted by Crippen LogP contribution is 2.14. The van der Waals surface area contributed by atoms with Crippen LogP contribution in [0.1, 0.15) is 42.2 Å². The number of nitrogens with zero attached hydrogens (tertiary/aromatic N) is 1. The second-order valence-corrected chi connectivity index (χ2v) is 4.47. The normalized spacial score (nSPS) is 11.9. The number of nitrogens with two attached hydrogens (primary N) is 1. The number of hydrogen-bond acceptors (Lipinski definition) is 4. The minimum Gasteiger partial charge on any atom is -0.481 e. The number of aliphatic carboxylic acids is 1. The Morgan fingerprint density at radius 2 is 2.16 bits per heavy atom. The Bertz CT molecular complexity index is 474. The molecule has 1 aromatic heterocycles. The summed E-state index contributed by atoms with van der Waals surface area (Å²) < 4.78 is 0. The number of hydrogen-bond donors (Lipinski definition) is 3. The molecule has 19 heavy (non-hydrogen) atoms. The SMILES string of the molecule is CCCC(CC(=O)O)Nc1cc(C(N)=O)cc(C)n1. The highest BCUT2D eigenvalue weighted by Gasteiger charge is 2.14. The summed E-state index contributed by atoms with van der Waals surface area (Å²) in [4.78, 5) is 26.2. The van der Waals surface area contributed by atoms with E-state index in [0.29, 0.717) is 23.5 Å². The van der Waals surface area contributed by atoms with Crippen molar-refractivity contribution in [1.82, 2.24) is 4.98 Å². The molecule has 104 valence electrons. The molecule has 1 amide bonds. The predicted molar refractivity (Wildman–Crippen MR) is 72.1 cm³/mol. The summed E-state index contributed by atoms with van der Waals surface area (Å²) >= 11 is 0. The van der Waals surface area contributed by atoms with E-state index in [-0.39, 0.29) is 12.5 Å². The summed E-state index contributed by atoms with van der Waals surface area (Å²) in [7, 11) is 0. The zero-order valence-corrected chi connectivity index (χ0v) is 11.1. The molecule has 1 atom stereocenters. The van der Waals surface area contributed by atoms with Crippen LogP contribution < -0.4 is 11.1 Å². The maximum absolute atomic E-state index is 11.2. The van der Waals surface area contributed by atoms with E-state index in [0.717, 1.165) is 6.42 Å². The molecular formula is C13H19N3O3. The van der Waals surface area contributed by atoms with Gasteiger partial charge in [-0.3, -0.25) is 9.59 Å². The van der Waals surface area contributed by atoms with Gasteiger partial charge >= 0.3 is 5.97 Å². The Morgan fingerprint density at radius 1 is 1.47 bits per heavy atom. The molecule has 6 heteroatoms. The molecule has 0 spiro atoms. The van der Waals surface area contributed by atoms with E-state index in [1.807, 2.05) is 6.92 Å². The lowest BCUT2D eigenvalue weighted by Crippen LogP contribution is -2.24. The molecule has 1 heterocycles. The minimum atomic E-state index is -0.867. The van der Waals surface area contributed by atoms with Gasteiger partial charge in [-0.2, -0.15) is 0 Å². The van der Waals surface area contributed by atoms with E-state index in [1.54, 1.807) is 19.1 Å². The standard InChI is InChI=1S/C13H19N3O3/c1-3-4-10(7-12(17)18)16-11-6-9(13(14)19)5-8(2)15-11/h5-6,10H,3-4,7H2,1-2H3,(H2,14,19)(H,15,16)(H,17,18). The Kier molecular flexibility index (Phi) is 5.29. The Morgan fingerprint density at radius 3 is 2.68 bits per heavy atom. The van der Waals surface area contributed by atoms with Crippen molar-refractivity contribution in [2.24, 2.45) is 5.73 Å². The van der Waals surface area contributed by atoms with Crippen LogP contribution >= 0.6 is 0 Å². The van der Waals surface area contributed by atoms with E-state index in [9.17, 15) is 9.59 Å². The van der Waals surface area contributed by atoms with Gasteiger partial charge in [-0.1, -0.05) is 13.3 Å². The first-order chi connectivity index (χ1) is 8.92. The van der Waals surface area contributed by atoms with Gasteiger partial charge in [0.05, 0.1) is 6.42 Å². The Labute approximate surface area is 112 Å². The lowest BCUT2D eigenvalue weighted by Gasteiger charge is -2.17. The van der Waals surface area contributed by atoms with Crippen LogP contribution in [0.2, 0.25) is 0 Å². The summed E-state index contributed by atoms with van der Waals surface area (Å²) in [6.45, 7) is 3.73. The van der Waals surface area contributed by atoms with Gasteiger partial charge in [0.1, 0.15) is 5.82 Å². The maximum Gasteiger partial charge on any atom is 0.305 e. The van der Waals surface area contributed by atoms with Crippen molar-refractivity contribution in [3.05, 3.63) is 23.4 Å². The zero-order valence-electron chi connectivity index (χ0n) is 11.1. The Balaban J connectivity index is 2.88. The van der Waals surface area contributed by atoms with E-state index in [1.165, 1.54) is 0 Å². The smallest absolute Gasteiger partial charge is 0.305 e. The number of aryl methyl sites for hydroxylation is 1. The molecule has 0 saturated heterocycles. The predicted octanol–water partition coefficient (Wildman–Crippen LogP) is 1.54. The van der Waals surface area contributed by atoms with E-state index >= 15 is 0 Å². The van der Waals surface area contributed by atoms with Crippen LogP contribution in [0.5, 0.6) is 0 Å². The number of pyridine rings is 1. The fraction of sp³-hybridized carbons (Fsp3) is 0.462. The molecule has 0 aliphatic carbocycles. The largest absolute Gasteiger partial charge is 0.481 e. The number of rotatable bonds is 7. The molecule has 1 unspecified atom stereocenters. The highest BCUT2D eigenvalue weighted by atomic mass is 16.4. The van der Waals surface area contributed by atoms with Gasteiger partial charge in [-0.25, -0.2) is 4.98 Å². The van der Waals surface area contributed by atoms with Crippen LogP contribution in [0.15, 0.2) is 12.1 Å². The van der Waals surface area contributed by atoms with Crippen molar-refractivity contribution in [2.75, 3.05) is 5.32 Å². The van der Waals surface area contributed by atoms with Crippen molar-refractivity contribution in [1.29, 1.82) is 0 Å². The quantitative estimate of drug-likeness (QED) is 0.693. The summed E-state index contributed by atoms with van der Waals surface area (Å²) in [5.74, 6) is -0.916. The summed E-state index contributed by atoms with van der Waals surface area (Å²) in [6.07, 6.45) is 1.59. The zero-order chi connectivity index (χ0) is 14.4. The molecule has 0 bridgehead atoms. The molecule has 4 N–H and O–H groups in total. The van der Waals surface area contributed by atoms with E-state index < -0.39 is 11.9 Å². The minimum absolute atomic E-state index is 0.00929. The Hall–Kier alpha value is -2.11. The van der Waals surface area contributed by atoms with Gasteiger partial charge < -0.3 is 16.2 Å². The van der Waals surface area contributed by atoms with Crippen molar-refractivity contribution >= 4 is 17.7 Å². The van der Waals surface area contributed by atoms with Crippen LogP contribution in [-0.2, 0) is 4.79 Å².